The number of hydrazone groups is 1. The predicted molar refractivity (Wildman–Crippen MR) is 183 cm³/mol. The summed E-state index contributed by atoms with van der Waals surface area (Å²) in [5, 5.41) is 25.9. The van der Waals surface area contributed by atoms with Crippen LogP contribution in [-0.4, -0.2) is 57.4 Å². The lowest BCUT2D eigenvalue weighted by Crippen LogP contribution is -2.26. The van der Waals surface area contributed by atoms with Gasteiger partial charge in [-0.3, -0.25) is 15.1 Å². The maximum Gasteiger partial charge on any atom is 0.416 e. The minimum atomic E-state index is -4.61. The van der Waals surface area contributed by atoms with Gasteiger partial charge in [0.1, 0.15) is 34.4 Å². The summed E-state index contributed by atoms with van der Waals surface area (Å²) in [6.45, 7) is 4.27. The second-order valence-corrected chi connectivity index (χ2v) is 11.0. The van der Waals surface area contributed by atoms with E-state index in [1.54, 1.807) is 6.92 Å². The van der Waals surface area contributed by atoms with Crippen LogP contribution < -0.4 is 15.5 Å². The Morgan fingerprint density at radius 3 is 2.27 bits per heavy atom. The minimum absolute atomic E-state index is 0.0398. The average molecular weight is 796 g/mol. The molecule has 0 spiro atoms. The van der Waals surface area contributed by atoms with Gasteiger partial charge in [-0.1, -0.05) is 11.6 Å². The van der Waals surface area contributed by atoms with Gasteiger partial charge in [-0.25, -0.2) is 33.4 Å². The number of aromatic nitrogens is 1. The highest BCUT2D eigenvalue weighted by molar-refractivity contribution is 6.32. The molecule has 15 nitrogen and oxygen atoms in total. The number of carboxylic acids is 1. The fourth-order valence-electron chi connectivity index (χ4n) is 4.16. The Kier molecular flexibility index (Phi) is 14.7. The maximum atomic E-state index is 13.0. The minimum Gasteiger partial charge on any atom is -0.478 e. The van der Waals surface area contributed by atoms with Crippen molar-refractivity contribution in [3.8, 4) is 11.5 Å². The number of nitro benzene ring substituents is 1. The molecule has 290 valence electrons. The van der Waals surface area contributed by atoms with Crippen molar-refractivity contribution in [1.82, 2.24) is 10.4 Å². The number of nitrogens with zero attached hydrogens (tertiary/aromatic N) is 3. The molecule has 55 heavy (non-hydrogen) atoms. The average Bonchev–Trinajstić information content (AvgIpc) is 3.10. The normalized spacial score (nSPS) is 11.6. The number of halogens is 6. The molecule has 3 aromatic carbocycles. The molecule has 0 bridgehead atoms. The molecule has 4 aromatic rings. The highest BCUT2D eigenvalue weighted by Gasteiger charge is 2.31. The smallest absolute Gasteiger partial charge is 0.416 e. The molecule has 0 saturated carbocycles. The topological polar surface area (TPSA) is 209 Å². The number of nitrogens with one attached hydrogen (secondary N) is 2. The molecule has 1 unspecified atom stereocenters. The SMILES string of the molecule is C/C(=N\NC(=O)Nc1cc(F)cc(F)c1)c1ncccc1C(=O)O.CCOC(=O)C(C)OC(=O)c1cc(Oc2ccc(C(F)(F)F)cc2Cl)ccc1[N+](=O)[O-]. The van der Waals surface area contributed by atoms with Gasteiger partial charge in [-0.2, -0.15) is 18.3 Å². The van der Waals surface area contributed by atoms with Crippen LogP contribution in [0.3, 0.4) is 0 Å². The number of nitro groups is 1. The summed E-state index contributed by atoms with van der Waals surface area (Å²) in [7, 11) is 0. The highest BCUT2D eigenvalue weighted by atomic mass is 35.5. The largest absolute Gasteiger partial charge is 0.478 e. The third-order valence-electron chi connectivity index (χ3n) is 6.60. The second-order valence-electron chi connectivity index (χ2n) is 10.6. The van der Waals surface area contributed by atoms with Crippen LogP contribution in [0, 0.1) is 21.7 Å². The van der Waals surface area contributed by atoms with Gasteiger partial charge in [0, 0.05) is 30.1 Å². The van der Waals surface area contributed by atoms with Crippen molar-refractivity contribution in [1.29, 1.82) is 0 Å². The molecule has 0 aliphatic heterocycles. The summed E-state index contributed by atoms with van der Waals surface area (Å²) in [6, 6.07) is 9.85. The number of rotatable bonds is 11. The Labute approximate surface area is 311 Å². The standard InChI is InChI=1S/C19H15ClF3NO7.C15H12F2N4O3/c1-3-29-17(25)10(2)30-18(26)13-9-12(5-6-15(13)24(27)28)31-16-7-4-11(8-14(16)20)19(21,22)23;1-8(13-12(14(22)23)3-2-4-18-13)20-21-15(24)19-11-6-9(16)5-10(17)7-11/h4-10H,3H2,1-2H3;2-7H,1H3,(H,22,23)(H2,19,21,24)/b;20-8+. The quantitative estimate of drug-likeness (QED) is 0.0439. The number of hydrogen-bond acceptors (Lipinski definition) is 11. The van der Waals surface area contributed by atoms with Crippen molar-refractivity contribution in [3.63, 3.8) is 0 Å². The summed E-state index contributed by atoms with van der Waals surface area (Å²) < 4.78 is 79.3. The molecule has 1 aromatic heterocycles. The summed E-state index contributed by atoms with van der Waals surface area (Å²) in [6.07, 6.45) is -4.56. The van der Waals surface area contributed by atoms with E-state index in [2.05, 4.69) is 20.8 Å². The van der Waals surface area contributed by atoms with E-state index in [9.17, 15) is 51.2 Å². The van der Waals surface area contributed by atoms with Crippen LogP contribution in [0.1, 0.15) is 52.7 Å². The number of ether oxygens (including phenoxy) is 3. The number of carbonyl (C=O) groups is 4. The van der Waals surface area contributed by atoms with Crippen molar-refractivity contribution in [3.05, 3.63) is 122 Å². The van der Waals surface area contributed by atoms with E-state index in [0.717, 1.165) is 42.5 Å². The Morgan fingerprint density at radius 2 is 1.69 bits per heavy atom. The molecule has 0 fully saturated rings. The molecule has 1 heterocycles. The number of urea groups is 1. The summed E-state index contributed by atoms with van der Waals surface area (Å²) in [4.78, 5) is 61.1. The summed E-state index contributed by atoms with van der Waals surface area (Å²) >= 11 is 5.83. The van der Waals surface area contributed by atoms with Gasteiger partial charge < -0.3 is 24.6 Å². The molecule has 4 rings (SSSR count). The van der Waals surface area contributed by atoms with Crippen molar-refractivity contribution < 1.29 is 65.4 Å². The lowest BCUT2D eigenvalue weighted by atomic mass is 10.1. The van der Waals surface area contributed by atoms with Gasteiger partial charge in [0.15, 0.2) is 6.10 Å². The van der Waals surface area contributed by atoms with Gasteiger partial charge in [0.05, 0.1) is 33.4 Å². The highest BCUT2D eigenvalue weighted by Crippen LogP contribution is 2.37. The Hall–Kier alpha value is -6.70. The molecular formula is C34H27ClF5N5O10. The zero-order chi connectivity index (χ0) is 41.0. The molecule has 21 heteroatoms. The van der Waals surface area contributed by atoms with E-state index >= 15 is 0 Å². The lowest BCUT2D eigenvalue weighted by Gasteiger charge is -2.13. The summed E-state index contributed by atoms with van der Waals surface area (Å²) in [5.41, 5.74) is -0.0118. The number of anilines is 1. The van der Waals surface area contributed by atoms with Crippen LogP contribution in [0.4, 0.5) is 38.1 Å². The fraction of sp³-hybridized carbons (Fsp3) is 0.176. The number of carbonyl (C=O) groups excluding carboxylic acids is 3. The van der Waals surface area contributed by atoms with Gasteiger partial charge in [-0.15, -0.1) is 0 Å². The van der Waals surface area contributed by atoms with Crippen molar-refractivity contribution >= 4 is 52.6 Å². The van der Waals surface area contributed by atoms with E-state index < -0.39 is 69.6 Å². The van der Waals surface area contributed by atoms with Gasteiger partial charge in [0.2, 0.25) is 0 Å². The maximum absolute atomic E-state index is 13.0. The number of benzene rings is 3. The molecule has 1 atom stereocenters. The van der Waals surface area contributed by atoms with Crippen LogP contribution in [0.15, 0.2) is 78.0 Å². The Balaban J connectivity index is 0.000000305. The zero-order valence-corrected chi connectivity index (χ0v) is 29.2. The van der Waals surface area contributed by atoms with Crippen LogP contribution in [0.5, 0.6) is 11.5 Å². The Bertz CT molecular complexity index is 2110. The van der Waals surface area contributed by atoms with Crippen LogP contribution in [0.2, 0.25) is 5.02 Å². The number of esters is 2. The number of aromatic carboxylic acids is 1. The molecule has 2 amide bonds. The molecular weight excluding hydrogens is 769 g/mol. The molecule has 0 radical (unpaired) electrons. The van der Waals surface area contributed by atoms with Gasteiger partial charge in [0.25, 0.3) is 5.69 Å². The van der Waals surface area contributed by atoms with Crippen molar-refractivity contribution in [2.24, 2.45) is 5.10 Å². The van der Waals surface area contributed by atoms with Crippen LogP contribution >= 0.6 is 11.6 Å². The molecule has 0 aliphatic carbocycles. The number of carboxylic acid groups (broad SMARTS) is 1. The third kappa shape index (κ3) is 12.4. The molecule has 0 aliphatic rings. The zero-order valence-electron chi connectivity index (χ0n) is 28.4. The monoisotopic (exact) mass is 795 g/mol. The van der Waals surface area contributed by atoms with Gasteiger partial charge >= 0.3 is 30.1 Å². The molecule has 0 saturated heterocycles. The first-order valence-corrected chi connectivity index (χ1v) is 15.6. The number of pyridine rings is 1. The van der Waals surface area contributed by atoms with Crippen LogP contribution in [0.25, 0.3) is 0 Å². The number of hydrogen-bond donors (Lipinski definition) is 3. The number of amides is 2. The first-order chi connectivity index (χ1) is 25.8. The summed E-state index contributed by atoms with van der Waals surface area (Å²) in [5.74, 6) is -5.23. The van der Waals surface area contributed by atoms with E-state index in [1.165, 1.54) is 32.2 Å². The Morgan fingerprint density at radius 1 is 1.02 bits per heavy atom. The fourth-order valence-corrected chi connectivity index (χ4v) is 4.38. The number of alkyl halides is 3. The lowest BCUT2D eigenvalue weighted by molar-refractivity contribution is -0.385. The van der Waals surface area contributed by atoms with Crippen LogP contribution in [-0.2, 0) is 20.4 Å². The third-order valence-corrected chi connectivity index (χ3v) is 6.90. The van der Waals surface area contributed by atoms with E-state index in [-0.39, 0.29) is 45.8 Å². The van der Waals surface area contributed by atoms with Crippen molar-refractivity contribution in [2.45, 2.75) is 33.1 Å². The first kappa shape index (κ1) is 42.7. The predicted octanol–water partition coefficient (Wildman–Crippen LogP) is 7.77. The first-order valence-electron chi connectivity index (χ1n) is 15.3. The van der Waals surface area contributed by atoms with Crippen molar-refractivity contribution in [2.75, 3.05) is 11.9 Å². The van der Waals surface area contributed by atoms with E-state index in [1.807, 2.05) is 0 Å². The second kappa shape index (κ2) is 18.9. The molecule has 3 N–H and O–H groups in total. The van der Waals surface area contributed by atoms with E-state index in [4.69, 9.17) is 30.9 Å². The van der Waals surface area contributed by atoms with E-state index in [0.29, 0.717) is 12.1 Å². The van der Waals surface area contributed by atoms with Gasteiger partial charge in [-0.05, 0) is 69.3 Å².